The molecule has 2 heterocycles. The number of hydrogen-bond acceptors (Lipinski definition) is 5. The smallest absolute Gasteiger partial charge is 0.259 e. The molecule has 1 aliphatic heterocycles. The van der Waals surface area contributed by atoms with E-state index >= 15 is 0 Å². The molecule has 0 aliphatic carbocycles. The Balaban J connectivity index is 1.50. The lowest BCUT2D eigenvalue weighted by Gasteiger charge is -2.19. The molecule has 0 amide bonds. The van der Waals surface area contributed by atoms with Crippen LogP contribution in [0.3, 0.4) is 0 Å². The normalized spacial score (nSPS) is 16.0. The summed E-state index contributed by atoms with van der Waals surface area (Å²) in [7, 11) is 0. The summed E-state index contributed by atoms with van der Waals surface area (Å²) in [5.74, 6) is 0.268. The standard InChI is InChI=1S/C20H18ClN5O/c1-13-17(11-14-5-3-2-4-6-14)18(27)26-20(23-13)24-19(25-26)22-12-15-7-9-16(21)10-8-15/h2-10,17H,11-12H2,1H3,(H,22,25). The van der Waals surface area contributed by atoms with Crippen molar-refractivity contribution < 1.29 is 4.79 Å². The summed E-state index contributed by atoms with van der Waals surface area (Å²) in [5, 5.41) is 8.12. The van der Waals surface area contributed by atoms with Gasteiger partial charge < -0.3 is 5.32 Å². The predicted molar refractivity (Wildman–Crippen MR) is 106 cm³/mol. The van der Waals surface area contributed by atoms with Crippen LogP contribution in [0.4, 0.5) is 11.9 Å². The van der Waals surface area contributed by atoms with E-state index in [0.717, 1.165) is 16.8 Å². The van der Waals surface area contributed by atoms with Crippen LogP contribution in [0.15, 0.2) is 59.6 Å². The second-order valence-electron chi connectivity index (χ2n) is 6.46. The van der Waals surface area contributed by atoms with Crippen molar-refractivity contribution in [3.63, 3.8) is 0 Å². The third-order valence-electron chi connectivity index (χ3n) is 4.52. The molecule has 27 heavy (non-hydrogen) atoms. The summed E-state index contributed by atoms with van der Waals surface area (Å²) in [6.45, 7) is 2.40. The molecule has 1 N–H and O–H groups in total. The highest BCUT2D eigenvalue weighted by Crippen LogP contribution is 2.24. The van der Waals surface area contributed by atoms with Gasteiger partial charge in [-0.2, -0.15) is 9.67 Å². The first-order chi connectivity index (χ1) is 13.1. The Bertz CT molecular complexity index is 995. The number of halogens is 1. The Labute approximate surface area is 161 Å². The lowest BCUT2D eigenvalue weighted by Crippen LogP contribution is -2.33. The van der Waals surface area contributed by atoms with Crippen molar-refractivity contribution in [2.75, 3.05) is 5.32 Å². The van der Waals surface area contributed by atoms with E-state index in [0.29, 0.717) is 29.9 Å². The maximum atomic E-state index is 12.9. The number of nitrogens with zero attached hydrogens (tertiary/aromatic N) is 4. The second-order valence-corrected chi connectivity index (χ2v) is 6.90. The molecule has 7 heteroatoms. The molecule has 0 radical (unpaired) electrons. The highest BCUT2D eigenvalue weighted by Gasteiger charge is 2.31. The van der Waals surface area contributed by atoms with Gasteiger partial charge in [0.1, 0.15) is 0 Å². The van der Waals surface area contributed by atoms with Crippen molar-refractivity contribution in [3.8, 4) is 0 Å². The Morgan fingerprint density at radius 1 is 1.07 bits per heavy atom. The van der Waals surface area contributed by atoms with Crippen LogP contribution in [0.1, 0.15) is 22.8 Å². The molecule has 0 spiro atoms. The van der Waals surface area contributed by atoms with Gasteiger partial charge in [0.15, 0.2) is 0 Å². The zero-order valence-corrected chi connectivity index (χ0v) is 15.5. The van der Waals surface area contributed by atoms with Crippen molar-refractivity contribution in [2.24, 2.45) is 10.9 Å². The number of rotatable bonds is 5. The Morgan fingerprint density at radius 3 is 2.56 bits per heavy atom. The molecule has 0 bridgehead atoms. The van der Waals surface area contributed by atoms with Crippen LogP contribution in [-0.4, -0.2) is 26.4 Å². The molecule has 1 aliphatic rings. The maximum absolute atomic E-state index is 12.9. The largest absolute Gasteiger partial charge is 0.349 e. The lowest BCUT2D eigenvalue weighted by molar-refractivity contribution is 0.0852. The van der Waals surface area contributed by atoms with Gasteiger partial charge >= 0.3 is 0 Å². The number of carbonyl (C=O) groups excluding carboxylic acids is 1. The third kappa shape index (κ3) is 3.75. The van der Waals surface area contributed by atoms with Crippen molar-refractivity contribution in [1.29, 1.82) is 0 Å². The quantitative estimate of drug-likeness (QED) is 0.722. The highest BCUT2D eigenvalue weighted by molar-refractivity contribution is 6.30. The first-order valence-corrected chi connectivity index (χ1v) is 9.06. The van der Waals surface area contributed by atoms with Crippen molar-refractivity contribution in [2.45, 2.75) is 19.9 Å². The van der Waals surface area contributed by atoms with Gasteiger partial charge in [-0.1, -0.05) is 54.1 Å². The molecule has 4 rings (SSSR count). The molecule has 1 aromatic heterocycles. The SMILES string of the molecule is CC1=Nc2nc(NCc3ccc(Cl)cc3)nn2C(=O)C1Cc1ccccc1. The summed E-state index contributed by atoms with van der Waals surface area (Å²) in [5.41, 5.74) is 2.89. The molecule has 0 saturated heterocycles. The number of carbonyl (C=O) groups is 1. The molecular formula is C20H18ClN5O. The van der Waals surface area contributed by atoms with E-state index < -0.39 is 0 Å². The van der Waals surface area contributed by atoms with Gasteiger partial charge in [0.2, 0.25) is 5.95 Å². The average Bonchev–Trinajstić information content (AvgIpc) is 3.08. The zero-order chi connectivity index (χ0) is 18.8. The number of aliphatic imine (C=N–C) groups is 1. The van der Waals surface area contributed by atoms with Crippen LogP contribution < -0.4 is 5.32 Å². The minimum Gasteiger partial charge on any atom is -0.349 e. The summed E-state index contributed by atoms with van der Waals surface area (Å²) >= 11 is 5.90. The van der Waals surface area contributed by atoms with Gasteiger partial charge in [-0.25, -0.2) is 4.99 Å². The van der Waals surface area contributed by atoms with Crippen LogP contribution in [0.5, 0.6) is 0 Å². The number of fused-ring (bicyclic) bond motifs is 1. The molecule has 3 aromatic rings. The van der Waals surface area contributed by atoms with Crippen molar-refractivity contribution in [1.82, 2.24) is 14.8 Å². The molecule has 1 atom stereocenters. The molecule has 0 saturated carbocycles. The minimum atomic E-state index is -0.328. The fourth-order valence-electron chi connectivity index (χ4n) is 3.03. The number of hydrogen-bond donors (Lipinski definition) is 1. The van der Waals surface area contributed by atoms with Crippen LogP contribution in [0.2, 0.25) is 5.02 Å². The van der Waals surface area contributed by atoms with Crippen LogP contribution in [-0.2, 0) is 13.0 Å². The van der Waals surface area contributed by atoms with Crippen LogP contribution in [0.25, 0.3) is 0 Å². The third-order valence-corrected chi connectivity index (χ3v) is 4.78. The Hall–Kier alpha value is -2.99. The minimum absolute atomic E-state index is 0.103. The predicted octanol–water partition coefficient (Wildman–Crippen LogP) is 4.15. The topological polar surface area (TPSA) is 72.2 Å². The van der Waals surface area contributed by atoms with E-state index in [4.69, 9.17) is 11.6 Å². The summed E-state index contributed by atoms with van der Waals surface area (Å²) in [6.07, 6.45) is 0.599. The molecule has 1 unspecified atom stereocenters. The van der Waals surface area contributed by atoms with E-state index in [1.807, 2.05) is 61.5 Å². The molecule has 136 valence electrons. The van der Waals surface area contributed by atoms with Crippen LogP contribution >= 0.6 is 11.6 Å². The molecule has 2 aromatic carbocycles. The Kier molecular flexibility index (Phi) is 4.73. The summed E-state index contributed by atoms with van der Waals surface area (Å²) in [4.78, 5) is 21.7. The van der Waals surface area contributed by atoms with E-state index in [2.05, 4.69) is 20.4 Å². The first-order valence-electron chi connectivity index (χ1n) is 8.69. The van der Waals surface area contributed by atoms with E-state index in [-0.39, 0.29) is 11.8 Å². The van der Waals surface area contributed by atoms with E-state index in [1.54, 1.807) is 0 Å². The average molecular weight is 380 g/mol. The summed E-state index contributed by atoms with van der Waals surface area (Å²) < 4.78 is 1.30. The van der Waals surface area contributed by atoms with Crippen molar-refractivity contribution >= 4 is 35.1 Å². The van der Waals surface area contributed by atoms with Gasteiger partial charge in [0.25, 0.3) is 11.9 Å². The molecule has 6 nitrogen and oxygen atoms in total. The Morgan fingerprint density at radius 2 is 1.81 bits per heavy atom. The van der Waals surface area contributed by atoms with Crippen molar-refractivity contribution in [3.05, 3.63) is 70.7 Å². The van der Waals surface area contributed by atoms with Gasteiger partial charge in [-0.05, 0) is 36.6 Å². The number of benzene rings is 2. The fraction of sp³-hybridized carbons (Fsp3) is 0.200. The number of anilines is 1. The maximum Gasteiger partial charge on any atom is 0.259 e. The van der Waals surface area contributed by atoms with Gasteiger partial charge in [-0.3, -0.25) is 4.79 Å². The second kappa shape index (κ2) is 7.32. The fourth-order valence-corrected chi connectivity index (χ4v) is 3.16. The van der Waals surface area contributed by atoms with Gasteiger partial charge in [-0.15, -0.1) is 5.10 Å². The summed E-state index contributed by atoms with van der Waals surface area (Å²) in [6, 6.07) is 17.4. The number of aromatic nitrogens is 3. The van der Waals surface area contributed by atoms with E-state index in [9.17, 15) is 4.79 Å². The monoisotopic (exact) mass is 379 g/mol. The van der Waals surface area contributed by atoms with Gasteiger partial charge in [0, 0.05) is 17.3 Å². The van der Waals surface area contributed by atoms with Crippen LogP contribution in [0, 0.1) is 5.92 Å². The highest BCUT2D eigenvalue weighted by atomic mass is 35.5. The first kappa shape index (κ1) is 17.4. The number of nitrogens with one attached hydrogen (secondary N) is 1. The zero-order valence-electron chi connectivity index (χ0n) is 14.8. The van der Waals surface area contributed by atoms with E-state index in [1.165, 1.54) is 4.68 Å². The van der Waals surface area contributed by atoms with Gasteiger partial charge in [0.05, 0.1) is 5.92 Å². The lowest BCUT2D eigenvalue weighted by atomic mass is 9.94. The molecule has 0 fully saturated rings. The molecular weight excluding hydrogens is 362 g/mol.